The molecule has 0 saturated heterocycles. The van der Waals surface area contributed by atoms with Crippen molar-refractivity contribution < 1.29 is 4.79 Å². The summed E-state index contributed by atoms with van der Waals surface area (Å²) < 4.78 is 0.965. The fraction of sp³-hybridized carbons (Fsp3) is 0.364. The van der Waals surface area contributed by atoms with E-state index in [1.54, 1.807) is 0 Å². The van der Waals surface area contributed by atoms with Gasteiger partial charge in [-0.15, -0.1) is 12.4 Å². The lowest BCUT2D eigenvalue weighted by atomic mass is 10.2. The normalized spacial score (nSPS) is 9.53. The number of carbonyl (C=O) groups is 1. The highest BCUT2D eigenvalue weighted by atomic mass is 127. The van der Waals surface area contributed by atoms with Crippen LogP contribution < -0.4 is 16.4 Å². The summed E-state index contributed by atoms with van der Waals surface area (Å²) in [6.07, 6.45) is 0. The fourth-order valence-electron chi connectivity index (χ4n) is 1.23. The summed E-state index contributed by atoms with van der Waals surface area (Å²) in [6, 6.07) is 7.53. The monoisotopic (exact) mass is 369 g/mol. The smallest absolute Gasteiger partial charge is 0.252 e. The molecule has 0 bridgehead atoms. The van der Waals surface area contributed by atoms with Crippen molar-refractivity contribution >= 4 is 40.9 Å². The van der Waals surface area contributed by atoms with Crippen LogP contribution in [0.25, 0.3) is 0 Å². The molecule has 0 spiro atoms. The highest BCUT2D eigenvalue weighted by molar-refractivity contribution is 14.1. The summed E-state index contributed by atoms with van der Waals surface area (Å²) in [6.45, 7) is 2.75. The first-order valence-corrected chi connectivity index (χ1v) is 6.27. The Morgan fingerprint density at radius 2 is 1.94 bits per heavy atom. The van der Waals surface area contributed by atoms with E-state index in [1.807, 2.05) is 24.3 Å². The van der Waals surface area contributed by atoms with Gasteiger partial charge in [0, 0.05) is 29.7 Å². The first-order valence-electron chi connectivity index (χ1n) is 5.19. The van der Waals surface area contributed by atoms with Crippen molar-refractivity contribution in [2.75, 3.05) is 26.2 Å². The summed E-state index contributed by atoms with van der Waals surface area (Å²) in [7, 11) is 0. The molecule has 1 amide bonds. The summed E-state index contributed by atoms with van der Waals surface area (Å²) in [5.41, 5.74) is 6.05. The second-order valence-corrected chi connectivity index (χ2v) is 4.44. The number of hydrogen-bond donors (Lipinski definition) is 3. The zero-order valence-electron chi connectivity index (χ0n) is 9.41. The maximum Gasteiger partial charge on any atom is 0.252 e. The van der Waals surface area contributed by atoms with Gasteiger partial charge in [-0.25, -0.2) is 0 Å². The molecular weight excluding hydrogens is 352 g/mol. The van der Waals surface area contributed by atoms with E-state index in [4.69, 9.17) is 5.73 Å². The number of halogens is 2. The highest BCUT2D eigenvalue weighted by Gasteiger charge is 2.07. The SMILES string of the molecule is Cl.NCCNCCNC(=O)c1ccccc1I. The third kappa shape index (κ3) is 6.21. The molecule has 0 saturated carbocycles. The minimum Gasteiger partial charge on any atom is -0.351 e. The Bertz CT molecular complexity index is 349. The average Bonchev–Trinajstić information content (AvgIpc) is 2.29. The van der Waals surface area contributed by atoms with Crippen molar-refractivity contribution in [3.63, 3.8) is 0 Å². The highest BCUT2D eigenvalue weighted by Crippen LogP contribution is 2.10. The van der Waals surface area contributed by atoms with Crippen LogP contribution in [-0.2, 0) is 0 Å². The Balaban J connectivity index is 0.00000256. The Morgan fingerprint density at radius 1 is 1.24 bits per heavy atom. The van der Waals surface area contributed by atoms with Crippen LogP contribution in [0.2, 0.25) is 0 Å². The molecule has 6 heteroatoms. The number of rotatable bonds is 6. The van der Waals surface area contributed by atoms with Crippen molar-refractivity contribution in [3.8, 4) is 0 Å². The average molecular weight is 370 g/mol. The maximum atomic E-state index is 11.7. The second-order valence-electron chi connectivity index (χ2n) is 3.27. The number of nitrogens with one attached hydrogen (secondary N) is 2. The van der Waals surface area contributed by atoms with E-state index in [2.05, 4.69) is 33.2 Å². The largest absolute Gasteiger partial charge is 0.351 e. The predicted molar refractivity (Wildman–Crippen MR) is 80.7 cm³/mol. The van der Waals surface area contributed by atoms with Gasteiger partial charge in [0.25, 0.3) is 5.91 Å². The third-order valence-corrected chi connectivity index (χ3v) is 2.97. The van der Waals surface area contributed by atoms with Gasteiger partial charge >= 0.3 is 0 Å². The van der Waals surface area contributed by atoms with E-state index >= 15 is 0 Å². The zero-order chi connectivity index (χ0) is 11.8. The van der Waals surface area contributed by atoms with Crippen LogP contribution >= 0.6 is 35.0 Å². The van der Waals surface area contributed by atoms with Crippen LogP contribution in [0, 0.1) is 3.57 Å². The lowest BCUT2D eigenvalue weighted by Crippen LogP contribution is -2.34. The molecule has 0 unspecified atom stereocenters. The van der Waals surface area contributed by atoms with E-state index in [9.17, 15) is 4.79 Å². The molecule has 17 heavy (non-hydrogen) atoms. The molecule has 0 radical (unpaired) electrons. The van der Waals surface area contributed by atoms with Crippen LogP contribution in [0.3, 0.4) is 0 Å². The Kier molecular flexibility index (Phi) is 9.43. The van der Waals surface area contributed by atoms with Gasteiger partial charge in [-0.2, -0.15) is 0 Å². The molecule has 0 fully saturated rings. The van der Waals surface area contributed by atoms with E-state index < -0.39 is 0 Å². The van der Waals surface area contributed by atoms with Crippen molar-refractivity contribution in [1.82, 2.24) is 10.6 Å². The molecule has 1 aromatic carbocycles. The summed E-state index contributed by atoms with van der Waals surface area (Å²) in [5.74, 6) is -0.0282. The quantitative estimate of drug-likeness (QED) is 0.517. The van der Waals surface area contributed by atoms with Crippen molar-refractivity contribution in [3.05, 3.63) is 33.4 Å². The first kappa shape index (κ1) is 16.6. The molecule has 4 nitrogen and oxygen atoms in total. The van der Waals surface area contributed by atoms with E-state index in [1.165, 1.54) is 0 Å². The van der Waals surface area contributed by atoms with Gasteiger partial charge in [0.05, 0.1) is 5.56 Å². The maximum absolute atomic E-state index is 11.7. The number of benzene rings is 1. The number of hydrogen-bond acceptors (Lipinski definition) is 3. The van der Waals surface area contributed by atoms with Crippen LogP contribution in [0.15, 0.2) is 24.3 Å². The summed E-state index contributed by atoms with van der Waals surface area (Å²) >= 11 is 2.16. The van der Waals surface area contributed by atoms with Crippen LogP contribution in [-0.4, -0.2) is 32.1 Å². The lowest BCUT2D eigenvalue weighted by Gasteiger charge is -2.07. The third-order valence-electron chi connectivity index (χ3n) is 2.03. The zero-order valence-corrected chi connectivity index (χ0v) is 12.4. The fourth-order valence-corrected chi connectivity index (χ4v) is 1.86. The van der Waals surface area contributed by atoms with Gasteiger partial charge in [0.15, 0.2) is 0 Å². The summed E-state index contributed by atoms with van der Waals surface area (Å²) in [4.78, 5) is 11.7. The first-order chi connectivity index (χ1) is 7.75. The minimum absolute atomic E-state index is 0. The summed E-state index contributed by atoms with van der Waals surface area (Å²) in [5, 5.41) is 5.97. The van der Waals surface area contributed by atoms with Crippen molar-refractivity contribution in [2.45, 2.75) is 0 Å². The Labute approximate surface area is 121 Å². The van der Waals surface area contributed by atoms with Crippen molar-refractivity contribution in [1.29, 1.82) is 0 Å². The van der Waals surface area contributed by atoms with Gasteiger partial charge in [0.1, 0.15) is 0 Å². The Morgan fingerprint density at radius 3 is 2.59 bits per heavy atom. The number of amides is 1. The minimum atomic E-state index is -0.0282. The van der Waals surface area contributed by atoms with E-state index in [0.29, 0.717) is 13.1 Å². The van der Waals surface area contributed by atoms with Crippen molar-refractivity contribution in [2.24, 2.45) is 5.73 Å². The number of carbonyl (C=O) groups excluding carboxylic acids is 1. The van der Waals surface area contributed by atoms with Gasteiger partial charge in [-0.3, -0.25) is 4.79 Å². The molecule has 0 aliphatic carbocycles. The molecule has 1 rings (SSSR count). The molecule has 0 atom stereocenters. The van der Waals surface area contributed by atoms with Gasteiger partial charge in [-0.05, 0) is 34.7 Å². The van der Waals surface area contributed by atoms with Gasteiger partial charge in [-0.1, -0.05) is 12.1 Å². The van der Waals surface area contributed by atoms with Crippen LogP contribution in [0.4, 0.5) is 0 Å². The van der Waals surface area contributed by atoms with Gasteiger partial charge < -0.3 is 16.4 Å². The second kappa shape index (κ2) is 9.64. The molecule has 0 aliphatic rings. The van der Waals surface area contributed by atoms with Gasteiger partial charge in [0.2, 0.25) is 0 Å². The predicted octanol–water partition coefficient (Wildman–Crippen LogP) is 0.991. The van der Waals surface area contributed by atoms with Crippen LogP contribution in [0.5, 0.6) is 0 Å². The molecule has 4 N–H and O–H groups in total. The molecule has 0 aliphatic heterocycles. The molecular formula is C11H17ClIN3O. The standard InChI is InChI=1S/C11H16IN3O.ClH/c12-10-4-2-1-3-9(10)11(16)15-8-7-14-6-5-13;/h1-4,14H,5-8,13H2,(H,15,16);1H. The molecule has 96 valence electrons. The van der Waals surface area contributed by atoms with E-state index in [0.717, 1.165) is 22.2 Å². The lowest BCUT2D eigenvalue weighted by molar-refractivity contribution is 0.0953. The Hall–Kier alpha value is -0.370. The van der Waals surface area contributed by atoms with E-state index in [-0.39, 0.29) is 18.3 Å². The topological polar surface area (TPSA) is 67.2 Å². The molecule has 0 aromatic heterocycles. The molecule has 1 aromatic rings. The van der Waals surface area contributed by atoms with Crippen LogP contribution in [0.1, 0.15) is 10.4 Å². The molecule has 0 heterocycles. The number of nitrogens with two attached hydrogens (primary N) is 1.